The van der Waals surface area contributed by atoms with Crippen LogP contribution in [0.2, 0.25) is 0 Å². The largest absolute Gasteiger partial charge is 0.460 e. The number of ether oxygens (including phenoxy) is 2. The molecule has 0 aromatic carbocycles. The number of fused-ring (bicyclic) bond motifs is 1. The summed E-state index contributed by atoms with van der Waals surface area (Å²) in [5.74, 6) is -0.947. The number of Topliss-reactive ketones (excluding diaryl/α,β-unsaturated/α-hetero) is 1. The van der Waals surface area contributed by atoms with Gasteiger partial charge in [0.1, 0.15) is 0 Å². The number of carbonyl (C=O) groups is 1. The lowest BCUT2D eigenvalue weighted by atomic mass is 10.2. The van der Waals surface area contributed by atoms with Gasteiger partial charge >= 0.3 is 5.79 Å². The lowest BCUT2D eigenvalue weighted by Crippen LogP contribution is -2.23. The first kappa shape index (κ1) is 4.99. The zero-order valence-electron chi connectivity index (χ0n) is 4.96. The Bertz CT molecular complexity index is 196. The first-order valence-electron chi connectivity index (χ1n) is 2.79. The summed E-state index contributed by atoms with van der Waals surface area (Å²) in [7, 11) is 0. The van der Waals surface area contributed by atoms with E-state index >= 15 is 0 Å². The predicted molar refractivity (Wildman–Crippen MR) is 28.5 cm³/mol. The second-order valence-electron chi connectivity index (χ2n) is 2.21. The van der Waals surface area contributed by atoms with Gasteiger partial charge in [-0.25, -0.2) is 0 Å². The SMILES string of the molecule is CC(=O)C12OC=CC1O2. The molecule has 2 atom stereocenters. The van der Waals surface area contributed by atoms with E-state index in [-0.39, 0.29) is 11.9 Å². The fourth-order valence-corrected chi connectivity index (χ4v) is 0.993. The summed E-state index contributed by atoms with van der Waals surface area (Å²) >= 11 is 0. The Labute approximate surface area is 52.3 Å². The molecule has 0 saturated carbocycles. The fourth-order valence-electron chi connectivity index (χ4n) is 0.993. The third-order valence-electron chi connectivity index (χ3n) is 1.61. The van der Waals surface area contributed by atoms with Gasteiger partial charge in [0.05, 0.1) is 6.26 Å². The monoisotopic (exact) mass is 126 g/mol. The summed E-state index contributed by atoms with van der Waals surface area (Å²) in [6.07, 6.45) is 3.15. The Morgan fingerprint density at radius 2 is 2.56 bits per heavy atom. The highest BCUT2D eigenvalue weighted by Crippen LogP contribution is 2.43. The maximum atomic E-state index is 10.7. The van der Waals surface area contributed by atoms with Crippen molar-refractivity contribution < 1.29 is 14.3 Å². The average Bonchev–Trinajstić information content (AvgIpc) is 2.38. The van der Waals surface area contributed by atoms with E-state index in [9.17, 15) is 4.79 Å². The number of rotatable bonds is 1. The van der Waals surface area contributed by atoms with Crippen LogP contribution >= 0.6 is 0 Å². The van der Waals surface area contributed by atoms with Crippen LogP contribution in [-0.2, 0) is 14.3 Å². The molecular formula is C6H6O3. The lowest BCUT2D eigenvalue weighted by molar-refractivity contribution is -0.134. The van der Waals surface area contributed by atoms with Crippen LogP contribution < -0.4 is 0 Å². The maximum absolute atomic E-state index is 10.7. The second-order valence-corrected chi connectivity index (χ2v) is 2.21. The Hall–Kier alpha value is -0.830. The molecule has 2 rings (SSSR count). The van der Waals surface area contributed by atoms with Crippen molar-refractivity contribution in [3.8, 4) is 0 Å². The van der Waals surface area contributed by atoms with Crippen molar-refractivity contribution in [2.24, 2.45) is 0 Å². The molecule has 1 fully saturated rings. The Morgan fingerprint density at radius 1 is 1.78 bits per heavy atom. The van der Waals surface area contributed by atoms with Crippen molar-refractivity contribution in [3.63, 3.8) is 0 Å². The van der Waals surface area contributed by atoms with E-state index in [0.717, 1.165) is 0 Å². The van der Waals surface area contributed by atoms with Crippen molar-refractivity contribution in [1.82, 2.24) is 0 Å². The summed E-state index contributed by atoms with van der Waals surface area (Å²) in [4.78, 5) is 10.7. The molecule has 2 heterocycles. The van der Waals surface area contributed by atoms with Gasteiger partial charge in [-0.1, -0.05) is 0 Å². The zero-order chi connectivity index (χ0) is 6.48. The molecule has 0 radical (unpaired) electrons. The van der Waals surface area contributed by atoms with Crippen LogP contribution in [0.25, 0.3) is 0 Å². The normalized spacial score (nSPS) is 43.9. The van der Waals surface area contributed by atoms with Gasteiger partial charge in [0.2, 0.25) is 5.78 Å². The summed E-state index contributed by atoms with van der Waals surface area (Å²) in [5.41, 5.74) is 0. The van der Waals surface area contributed by atoms with E-state index in [2.05, 4.69) is 0 Å². The van der Waals surface area contributed by atoms with Crippen molar-refractivity contribution in [1.29, 1.82) is 0 Å². The summed E-state index contributed by atoms with van der Waals surface area (Å²) in [5, 5.41) is 0. The average molecular weight is 126 g/mol. The number of hydrogen-bond acceptors (Lipinski definition) is 3. The van der Waals surface area contributed by atoms with Gasteiger partial charge in [0.25, 0.3) is 0 Å². The van der Waals surface area contributed by atoms with Gasteiger partial charge in [-0.3, -0.25) is 4.79 Å². The predicted octanol–water partition coefficient (Wildman–Crippen LogP) is 0.214. The van der Waals surface area contributed by atoms with Gasteiger partial charge < -0.3 is 9.47 Å². The molecule has 9 heavy (non-hydrogen) atoms. The maximum Gasteiger partial charge on any atom is 0.301 e. The molecule has 0 N–H and O–H groups in total. The molecule has 0 aromatic heterocycles. The molecule has 0 amide bonds. The van der Waals surface area contributed by atoms with E-state index in [4.69, 9.17) is 9.47 Å². The van der Waals surface area contributed by atoms with E-state index in [1.807, 2.05) is 0 Å². The highest BCUT2D eigenvalue weighted by molar-refractivity contribution is 5.87. The smallest absolute Gasteiger partial charge is 0.301 e. The Morgan fingerprint density at radius 3 is 2.78 bits per heavy atom. The number of hydrogen-bond donors (Lipinski definition) is 0. The number of epoxide rings is 1. The minimum atomic E-state index is -0.889. The van der Waals surface area contributed by atoms with Crippen molar-refractivity contribution >= 4 is 5.78 Å². The molecular weight excluding hydrogens is 120 g/mol. The molecule has 0 aromatic rings. The van der Waals surface area contributed by atoms with Crippen molar-refractivity contribution in [2.75, 3.05) is 0 Å². The first-order valence-corrected chi connectivity index (χ1v) is 2.79. The van der Waals surface area contributed by atoms with Gasteiger partial charge in [0, 0.05) is 6.92 Å². The third-order valence-corrected chi connectivity index (χ3v) is 1.61. The van der Waals surface area contributed by atoms with Crippen molar-refractivity contribution in [2.45, 2.75) is 18.8 Å². The minimum absolute atomic E-state index is 0.0579. The van der Waals surface area contributed by atoms with Gasteiger partial charge in [-0.05, 0) is 6.08 Å². The van der Waals surface area contributed by atoms with Crippen molar-refractivity contribution in [3.05, 3.63) is 12.3 Å². The second kappa shape index (κ2) is 1.19. The van der Waals surface area contributed by atoms with E-state index < -0.39 is 5.79 Å². The van der Waals surface area contributed by atoms with Crippen LogP contribution in [0.5, 0.6) is 0 Å². The summed E-state index contributed by atoms with van der Waals surface area (Å²) in [6, 6.07) is 0. The molecule has 2 aliphatic rings. The van der Waals surface area contributed by atoms with Crippen LogP contribution in [0, 0.1) is 0 Å². The molecule has 48 valence electrons. The Balaban J connectivity index is 2.24. The number of carbonyl (C=O) groups excluding carboxylic acids is 1. The topological polar surface area (TPSA) is 38.8 Å². The lowest BCUT2D eigenvalue weighted by Gasteiger charge is -2.02. The van der Waals surface area contributed by atoms with E-state index in [1.165, 1.54) is 13.2 Å². The molecule has 1 saturated heterocycles. The van der Waals surface area contributed by atoms with Crippen LogP contribution in [-0.4, -0.2) is 17.7 Å². The van der Waals surface area contributed by atoms with Gasteiger partial charge in [-0.15, -0.1) is 0 Å². The molecule has 2 aliphatic heterocycles. The minimum Gasteiger partial charge on any atom is -0.460 e. The zero-order valence-corrected chi connectivity index (χ0v) is 4.96. The van der Waals surface area contributed by atoms with Gasteiger partial charge in [-0.2, -0.15) is 0 Å². The van der Waals surface area contributed by atoms with E-state index in [0.29, 0.717) is 0 Å². The molecule has 3 heteroatoms. The van der Waals surface area contributed by atoms with E-state index in [1.54, 1.807) is 6.08 Å². The number of ketones is 1. The first-order chi connectivity index (χ1) is 4.26. The van der Waals surface area contributed by atoms with Crippen LogP contribution in [0.15, 0.2) is 12.3 Å². The van der Waals surface area contributed by atoms with Crippen LogP contribution in [0.3, 0.4) is 0 Å². The highest BCUT2D eigenvalue weighted by atomic mass is 16.8. The molecule has 2 unspecified atom stereocenters. The summed E-state index contributed by atoms with van der Waals surface area (Å²) < 4.78 is 9.87. The molecule has 0 spiro atoms. The summed E-state index contributed by atoms with van der Waals surface area (Å²) in [6.45, 7) is 1.47. The molecule has 0 aliphatic carbocycles. The van der Waals surface area contributed by atoms with Crippen LogP contribution in [0.4, 0.5) is 0 Å². The standard InChI is InChI=1S/C6H6O3/c1-4(7)6-5(9-6)2-3-8-6/h2-3,5H,1H3. The quantitative estimate of drug-likeness (QED) is 0.471. The Kier molecular flexibility index (Phi) is 0.658. The van der Waals surface area contributed by atoms with Gasteiger partial charge in [0.15, 0.2) is 6.10 Å². The van der Waals surface area contributed by atoms with Crippen LogP contribution in [0.1, 0.15) is 6.92 Å². The third kappa shape index (κ3) is 0.428. The fraction of sp³-hybridized carbons (Fsp3) is 0.500. The highest BCUT2D eigenvalue weighted by Gasteiger charge is 2.64. The molecule has 3 nitrogen and oxygen atoms in total. The molecule has 0 bridgehead atoms.